The molecule has 0 radical (unpaired) electrons. The molecular formula is C13H19N3S2. The number of aromatic nitrogens is 1. The van der Waals surface area contributed by atoms with Gasteiger partial charge in [-0.3, -0.25) is 0 Å². The molecule has 98 valence electrons. The summed E-state index contributed by atoms with van der Waals surface area (Å²) in [7, 11) is 0. The van der Waals surface area contributed by atoms with Gasteiger partial charge in [-0.15, -0.1) is 0 Å². The Kier molecular flexibility index (Phi) is 4.83. The van der Waals surface area contributed by atoms with E-state index >= 15 is 0 Å². The van der Waals surface area contributed by atoms with Gasteiger partial charge in [0.15, 0.2) is 0 Å². The van der Waals surface area contributed by atoms with Crippen LogP contribution in [0.15, 0.2) is 12.3 Å². The highest BCUT2D eigenvalue weighted by Gasteiger charge is 2.15. The van der Waals surface area contributed by atoms with E-state index in [0.29, 0.717) is 4.99 Å². The topological polar surface area (TPSA) is 50.9 Å². The Balaban J connectivity index is 2.04. The Morgan fingerprint density at radius 2 is 2.28 bits per heavy atom. The van der Waals surface area contributed by atoms with E-state index < -0.39 is 0 Å². The Labute approximate surface area is 118 Å². The number of rotatable bonds is 4. The van der Waals surface area contributed by atoms with Gasteiger partial charge >= 0.3 is 0 Å². The molecule has 3 nitrogen and oxygen atoms in total. The van der Waals surface area contributed by atoms with Gasteiger partial charge in [-0.25, -0.2) is 4.98 Å². The number of anilines is 1. The van der Waals surface area contributed by atoms with Crippen molar-refractivity contribution in [2.75, 3.05) is 23.4 Å². The lowest BCUT2D eigenvalue weighted by molar-refractivity contribution is 0.515. The van der Waals surface area contributed by atoms with E-state index in [0.717, 1.165) is 29.4 Å². The van der Waals surface area contributed by atoms with E-state index in [4.69, 9.17) is 18.0 Å². The first-order chi connectivity index (χ1) is 8.68. The molecule has 0 unspecified atom stereocenters. The summed E-state index contributed by atoms with van der Waals surface area (Å²) < 4.78 is 0. The number of hydrogen-bond donors (Lipinski definition) is 2. The normalized spacial score (nSPS) is 16.5. The monoisotopic (exact) mass is 281 g/mol. The summed E-state index contributed by atoms with van der Waals surface area (Å²) >= 11 is 7.15. The molecule has 0 bridgehead atoms. The molecule has 1 aromatic rings. The average molecular weight is 281 g/mol. The summed E-state index contributed by atoms with van der Waals surface area (Å²) in [6.45, 7) is 2.98. The molecule has 0 amide bonds. The SMILES string of the molecule is Cc1ccnc(NCC2CCSCC2)c1C(N)=S. The first-order valence-electron chi connectivity index (χ1n) is 6.25. The number of aryl methyl sites for hydroxylation is 1. The smallest absolute Gasteiger partial charge is 0.136 e. The standard InChI is InChI=1S/C13H19N3S2/c1-9-2-5-15-13(11(9)12(14)17)16-8-10-3-6-18-7-4-10/h2,5,10H,3-4,6-8H2,1H3,(H2,14,17)(H,15,16). The summed E-state index contributed by atoms with van der Waals surface area (Å²) in [5.41, 5.74) is 7.74. The maximum absolute atomic E-state index is 5.77. The molecule has 0 atom stereocenters. The molecule has 2 heterocycles. The van der Waals surface area contributed by atoms with Crippen LogP contribution in [0.2, 0.25) is 0 Å². The first kappa shape index (κ1) is 13.6. The van der Waals surface area contributed by atoms with Crippen molar-refractivity contribution < 1.29 is 0 Å². The molecule has 1 aromatic heterocycles. The lowest BCUT2D eigenvalue weighted by atomic mass is 10.0. The maximum atomic E-state index is 5.77. The van der Waals surface area contributed by atoms with Gasteiger partial charge in [0.05, 0.1) is 5.56 Å². The summed E-state index contributed by atoms with van der Waals surface area (Å²) in [4.78, 5) is 4.78. The Bertz CT molecular complexity index is 428. The van der Waals surface area contributed by atoms with E-state index in [1.54, 1.807) is 6.20 Å². The molecule has 2 rings (SSSR count). The van der Waals surface area contributed by atoms with Crippen LogP contribution in [0, 0.1) is 12.8 Å². The van der Waals surface area contributed by atoms with E-state index in [1.165, 1.54) is 24.3 Å². The number of thioether (sulfide) groups is 1. The largest absolute Gasteiger partial charge is 0.389 e. The average Bonchev–Trinajstić information content (AvgIpc) is 2.37. The van der Waals surface area contributed by atoms with Crippen molar-refractivity contribution in [2.24, 2.45) is 11.7 Å². The van der Waals surface area contributed by atoms with Crippen molar-refractivity contribution in [2.45, 2.75) is 19.8 Å². The summed E-state index contributed by atoms with van der Waals surface area (Å²) in [5, 5.41) is 3.42. The first-order valence-corrected chi connectivity index (χ1v) is 7.82. The van der Waals surface area contributed by atoms with Crippen molar-refractivity contribution in [1.29, 1.82) is 0 Å². The number of nitrogens with one attached hydrogen (secondary N) is 1. The van der Waals surface area contributed by atoms with Gasteiger partial charge in [0.1, 0.15) is 10.8 Å². The highest BCUT2D eigenvalue weighted by molar-refractivity contribution is 7.99. The molecular weight excluding hydrogens is 262 g/mol. The third-order valence-corrected chi connectivity index (χ3v) is 4.56. The van der Waals surface area contributed by atoms with E-state index in [2.05, 4.69) is 10.3 Å². The van der Waals surface area contributed by atoms with Crippen LogP contribution in [0.1, 0.15) is 24.0 Å². The maximum Gasteiger partial charge on any atom is 0.136 e. The quantitative estimate of drug-likeness (QED) is 0.831. The van der Waals surface area contributed by atoms with Crippen LogP contribution in [0.3, 0.4) is 0 Å². The van der Waals surface area contributed by atoms with Gasteiger partial charge in [-0.05, 0) is 48.8 Å². The fourth-order valence-corrected chi connectivity index (χ4v) is 3.66. The molecule has 5 heteroatoms. The van der Waals surface area contributed by atoms with Gasteiger partial charge in [-0.1, -0.05) is 12.2 Å². The van der Waals surface area contributed by atoms with Crippen molar-refractivity contribution >= 4 is 34.8 Å². The predicted octanol–water partition coefficient (Wildman–Crippen LogP) is 2.58. The van der Waals surface area contributed by atoms with Gasteiger partial charge in [0, 0.05) is 12.7 Å². The molecule has 1 aliphatic rings. The molecule has 0 spiro atoms. The number of hydrogen-bond acceptors (Lipinski definition) is 4. The molecule has 0 aromatic carbocycles. The lowest BCUT2D eigenvalue weighted by Gasteiger charge is -2.22. The molecule has 1 saturated heterocycles. The Morgan fingerprint density at radius 1 is 1.56 bits per heavy atom. The Morgan fingerprint density at radius 3 is 2.94 bits per heavy atom. The van der Waals surface area contributed by atoms with Crippen LogP contribution in [0.25, 0.3) is 0 Å². The molecule has 0 aliphatic carbocycles. The predicted molar refractivity (Wildman–Crippen MR) is 83.4 cm³/mol. The van der Waals surface area contributed by atoms with E-state index in [9.17, 15) is 0 Å². The highest BCUT2D eigenvalue weighted by Crippen LogP contribution is 2.24. The summed E-state index contributed by atoms with van der Waals surface area (Å²) in [6.07, 6.45) is 4.37. The minimum Gasteiger partial charge on any atom is -0.389 e. The van der Waals surface area contributed by atoms with Gasteiger partial charge < -0.3 is 11.1 Å². The molecule has 1 fully saturated rings. The zero-order valence-electron chi connectivity index (χ0n) is 10.6. The zero-order chi connectivity index (χ0) is 13.0. The summed E-state index contributed by atoms with van der Waals surface area (Å²) in [6, 6.07) is 1.94. The van der Waals surface area contributed by atoms with Crippen LogP contribution in [0.5, 0.6) is 0 Å². The van der Waals surface area contributed by atoms with Crippen LogP contribution >= 0.6 is 24.0 Å². The van der Waals surface area contributed by atoms with Crippen molar-refractivity contribution in [1.82, 2.24) is 4.98 Å². The second-order valence-corrected chi connectivity index (χ2v) is 6.32. The van der Waals surface area contributed by atoms with Crippen LogP contribution in [-0.2, 0) is 0 Å². The fraction of sp³-hybridized carbons (Fsp3) is 0.538. The molecule has 1 aliphatic heterocycles. The second kappa shape index (κ2) is 6.38. The van der Waals surface area contributed by atoms with Gasteiger partial charge in [-0.2, -0.15) is 11.8 Å². The number of nitrogens with zero attached hydrogens (tertiary/aromatic N) is 1. The van der Waals surface area contributed by atoms with Crippen molar-refractivity contribution in [3.63, 3.8) is 0 Å². The minimum atomic E-state index is 0.419. The van der Waals surface area contributed by atoms with Crippen LogP contribution < -0.4 is 11.1 Å². The summed E-state index contributed by atoms with van der Waals surface area (Å²) in [5.74, 6) is 4.12. The van der Waals surface area contributed by atoms with E-state index in [-0.39, 0.29) is 0 Å². The van der Waals surface area contributed by atoms with Gasteiger partial charge in [0.2, 0.25) is 0 Å². The number of nitrogens with two attached hydrogens (primary N) is 1. The van der Waals surface area contributed by atoms with Crippen LogP contribution in [0.4, 0.5) is 5.82 Å². The Hall–Kier alpha value is -0.810. The third-order valence-electron chi connectivity index (χ3n) is 3.30. The van der Waals surface area contributed by atoms with Crippen molar-refractivity contribution in [3.05, 3.63) is 23.4 Å². The highest BCUT2D eigenvalue weighted by atomic mass is 32.2. The zero-order valence-corrected chi connectivity index (χ0v) is 12.2. The second-order valence-electron chi connectivity index (χ2n) is 4.65. The fourth-order valence-electron chi connectivity index (χ4n) is 2.19. The van der Waals surface area contributed by atoms with Gasteiger partial charge in [0.25, 0.3) is 0 Å². The number of thiocarbonyl (C=S) groups is 1. The minimum absolute atomic E-state index is 0.419. The van der Waals surface area contributed by atoms with Crippen LogP contribution in [-0.4, -0.2) is 28.0 Å². The molecule has 3 N–H and O–H groups in total. The van der Waals surface area contributed by atoms with Crippen molar-refractivity contribution in [3.8, 4) is 0 Å². The van der Waals surface area contributed by atoms with E-state index in [1.807, 2.05) is 24.8 Å². The lowest BCUT2D eigenvalue weighted by Crippen LogP contribution is -2.22. The molecule has 0 saturated carbocycles. The third kappa shape index (κ3) is 3.36. The molecule has 18 heavy (non-hydrogen) atoms. The number of pyridine rings is 1.